The molecule has 1 rings (SSSR count). The lowest BCUT2D eigenvalue weighted by atomic mass is 10.3. The fourth-order valence-electron chi connectivity index (χ4n) is 1.70. The van der Waals surface area contributed by atoms with Crippen LogP contribution in [0, 0.1) is 12.3 Å². The summed E-state index contributed by atoms with van der Waals surface area (Å²) in [5.74, 6) is 0.416. The van der Waals surface area contributed by atoms with E-state index in [2.05, 4.69) is 21.9 Å². The molecule has 0 aliphatic rings. The van der Waals surface area contributed by atoms with E-state index in [9.17, 15) is 19.2 Å². The number of hydrogen-bond donors (Lipinski definition) is 0. The maximum atomic E-state index is 12.4. The van der Waals surface area contributed by atoms with Gasteiger partial charge in [0, 0.05) is 6.20 Å². The SMILES string of the molecule is C#CCn1c(=O)c(Br)cn(/C(=C\C(=O)OCC)C(=O)OCC)c1=O. The summed E-state index contributed by atoms with van der Waals surface area (Å²) in [6.45, 7) is 2.97. The highest BCUT2D eigenvalue weighted by Crippen LogP contribution is 2.09. The number of ether oxygens (including phenoxy) is 2. The second-order valence-corrected chi connectivity index (χ2v) is 5.08. The number of carbonyl (C=O) groups excluding carboxylic acids is 2. The molecule has 1 aromatic rings. The van der Waals surface area contributed by atoms with Crippen LogP contribution in [0.2, 0.25) is 0 Å². The van der Waals surface area contributed by atoms with E-state index >= 15 is 0 Å². The number of rotatable bonds is 6. The van der Waals surface area contributed by atoms with Crippen molar-refractivity contribution in [2.75, 3.05) is 13.2 Å². The fraction of sp³-hybridized carbons (Fsp3) is 0.333. The summed E-state index contributed by atoms with van der Waals surface area (Å²) in [5, 5.41) is 0. The number of nitrogens with zero attached hydrogens (tertiary/aromatic N) is 2. The van der Waals surface area contributed by atoms with Crippen LogP contribution in [0.3, 0.4) is 0 Å². The molecule has 1 heterocycles. The number of carbonyl (C=O) groups is 2. The van der Waals surface area contributed by atoms with Gasteiger partial charge in [0.25, 0.3) is 5.56 Å². The van der Waals surface area contributed by atoms with Crippen molar-refractivity contribution in [2.24, 2.45) is 0 Å². The summed E-state index contributed by atoms with van der Waals surface area (Å²) in [6, 6.07) is 0. The minimum Gasteiger partial charge on any atom is -0.463 e. The van der Waals surface area contributed by atoms with Gasteiger partial charge in [-0.3, -0.25) is 9.36 Å². The molecule has 0 radical (unpaired) electrons. The molecule has 9 heteroatoms. The highest BCUT2D eigenvalue weighted by molar-refractivity contribution is 9.10. The summed E-state index contributed by atoms with van der Waals surface area (Å²) < 4.78 is 11.1. The van der Waals surface area contributed by atoms with Gasteiger partial charge in [0.15, 0.2) is 0 Å². The summed E-state index contributed by atoms with van der Waals surface area (Å²) in [5.41, 5.74) is -1.94. The molecule has 0 aliphatic heterocycles. The Kier molecular flexibility index (Phi) is 7.20. The Balaban J connectivity index is 3.63. The number of hydrogen-bond acceptors (Lipinski definition) is 6. The first-order chi connectivity index (χ1) is 11.4. The van der Waals surface area contributed by atoms with E-state index in [0.29, 0.717) is 0 Å². The first-order valence-corrected chi connectivity index (χ1v) is 7.68. The first-order valence-electron chi connectivity index (χ1n) is 6.88. The van der Waals surface area contributed by atoms with Gasteiger partial charge in [0.1, 0.15) is 5.70 Å². The molecule has 0 spiro atoms. The molecule has 0 bridgehead atoms. The molecule has 0 amide bonds. The molecular weight excluding hydrogens is 384 g/mol. The molecule has 8 nitrogen and oxygen atoms in total. The number of terminal acetylenes is 1. The second kappa shape index (κ2) is 8.88. The summed E-state index contributed by atoms with van der Waals surface area (Å²) >= 11 is 3.00. The lowest BCUT2D eigenvalue weighted by molar-refractivity contribution is -0.139. The van der Waals surface area contributed by atoms with Crippen molar-refractivity contribution < 1.29 is 19.1 Å². The fourth-order valence-corrected chi connectivity index (χ4v) is 2.12. The average molecular weight is 399 g/mol. The maximum absolute atomic E-state index is 12.4. The van der Waals surface area contributed by atoms with Gasteiger partial charge in [-0.25, -0.2) is 19.0 Å². The molecule has 128 valence electrons. The van der Waals surface area contributed by atoms with Crippen LogP contribution in [-0.2, 0) is 25.6 Å². The molecule has 0 N–H and O–H groups in total. The second-order valence-electron chi connectivity index (χ2n) is 4.23. The lowest BCUT2D eigenvalue weighted by Gasteiger charge is -2.12. The van der Waals surface area contributed by atoms with Gasteiger partial charge in [0.05, 0.1) is 30.3 Å². The van der Waals surface area contributed by atoms with Crippen LogP contribution in [0.15, 0.2) is 26.3 Å². The molecule has 0 atom stereocenters. The molecule has 24 heavy (non-hydrogen) atoms. The van der Waals surface area contributed by atoms with Crippen molar-refractivity contribution in [3.05, 3.63) is 37.6 Å². The van der Waals surface area contributed by atoms with E-state index < -0.39 is 28.9 Å². The van der Waals surface area contributed by atoms with E-state index in [1.807, 2.05) is 0 Å². The van der Waals surface area contributed by atoms with Crippen molar-refractivity contribution in [1.29, 1.82) is 0 Å². The van der Waals surface area contributed by atoms with E-state index in [0.717, 1.165) is 21.4 Å². The Morgan fingerprint density at radius 3 is 2.46 bits per heavy atom. The van der Waals surface area contributed by atoms with Crippen LogP contribution >= 0.6 is 15.9 Å². The van der Waals surface area contributed by atoms with E-state index in [1.165, 1.54) is 0 Å². The molecule has 1 aromatic heterocycles. The molecular formula is C15H15BrN2O6. The van der Waals surface area contributed by atoms with E-state index in [4.69, 9.17) is 15.9 Å². The minimum absolute atomic E-state index is 0.0172. The van der Waals surface area contributed by atoms with Gasteiger partial charge in [-0.15, -0.1) is 6.42 Å². The van der Waals surface area contributed by atoms with Crippen molar-refractivity contribution in [3.8, 4) is 12.3 Å². The Bertz CT molecular complexity index is 828. The van der Waals surface area contributed by atoms with Gasteiger partial charge in [-0.05, 0) is 29.8 Å². The smallest absolute Gasteiger partial charge is 0.355 e. The van der Waals surface area contributed by atoms with Gasteiger partial charge in [-0.2, -0.15) is 0 Å². The predicted octanol–water partition coefficient (Wildman–Crippen LogP) is 0.373. The quantitative estimate of drug-likeness (QED) is 0.390. The van der Waals surface area contributed by atoms with E-state index in [1.54, 1.807) is 13.8 Å². The molecule has 0 saturated carbocycles. The van der Waals surface area contributed by atoms with Crippen LogP contribution in [0.1, 0.15) is 13.8 Å². The Hall–Kier alpha value is -2.60. The molecule has 0 aromatic carbocycles. The number of aromatic nitrogens is 2. The Labute approximate surface area is 145 Å². The summed E-state index contributed by atoms with van der Waals surface area (Å²) in [7, 11) is 0. The number of halogens is 1. The highest BCUT2D eigenvalue weighted by atomic mass is 79.9. The van der Waals surface area contributed by atoms with E-state index in [-0.39, 0.29) is 24.2 Å². The first kappa shape index (κ1) is 19.4. The maximum Gasteiger partial charge on any atom is 0.355 e. The van der Waals surface area contributed by atoms with Gasteiger partial charge < -0.3 is 9.47 Å². The van der Waals surface area contributed by atoms with Crippen LogP contribution in [-0.4, -0.2) is 34.3 Å². The third-order valence-corrected chi connectivity index (χ3v) is 3.21. The molecule has 0 saturated heterocycles. The highest BCUT2D eigenvalue weighted by Gasteiger charge is 2.20. The van der Waals surface area contributed by atoms with Crippen LogP contribution in [0.5, 0.6) is 0 Å². The van der Waals surface area contributed by atoms with Crippen molar-refractivity contribution >= 4 is 33.6 Å². The van der Waals surface area contributed by atoms with Gasteiger partial charge in [-0.1, -0.05) is 5.92 Å². The Morgan fingerprint density at radius 1 is 1.29 bits per heavy atom. The van der Waals surface area contributed by atoms with Crippen LogP contribution in [0.4, 0.5) is 0 Å². The zero-order chi connectivity index (χ0) is 18.3. The zero-order valence-corrected chi connectivity index (χ0v) is 14.7. The standard InChI is InChI=1S/C15H15BrN2O6/c1-4-7-17-13(20)10(16)9-18(15(17)22)11(14(21)24-6-3)8-12(19)23-5-2/h1,8-9H,5-7H2,2-3H3/b11-8-. The normalized spacial score (nSPS) is 10.8. The van der Waals surface area contributed by atoms with Crippen LogP contribution in [0.25, 0.3) is 5.70 Å². The third kappa shape index (κ3) is 4.45. The summed E-state index contributed by atoms with van der Waals surface area (Å²) in [6.07, 6.45) is 7.04. The van der Waals surface area contributed by atoms with Gasteiger partial charge >= 0.3 is 17.6 Å². The van der Waals surface area contributed by atoms with Crippen LogP contribution < -0.4 is 11.2 Å². The molecule has 0 aliphatic carbocycles. The minimum atomic E-state index is -0.926. The van der Waals surface area contributed by atoms with Crippen molar-refractivity contribution in [1.82, 2.24) is 9.13 Å². The largest absolute Gasteiger partial charge is 0.463 e. The van der Waals surface area contributed by atoms with Crippen molar-refractivity contribution in [3.63, 3.8) is 0 Å². The molecule has 0 unspecified atom stereocenters. The number of esters is 2. The molecule has 0 fully saturated rings. The zero-order valence-electron chi connectivity index (χ0n) is 13.1. The lowest BCUT2D eigenvalue weighted by Crippen LogP contribution is -2.40. The third-order valence-electron chi connectivity index (χ3n) is 2.66. The monoisotopic (exact) mass is 398 g/mol. The summed E-state index contributed by atoms with van der Waals surface area (Å²) in [4.78, 5) is 48.2. The van der Waals surface area contributed by atoms with Crippen molar-refractivity contribution in [2.45, 2.75) is 20.4 Å². The van der Waals surface area contributed by atoms with Gasteiger partial charge in [0.2, 0.25) is 0 Å². The predicted molar refractivity (Wildman–Crippen MR) is 89.0 cm³/mol. The average Bonchev–Trinajstić information content (AvgIpc) is 2.53. The Morgan fingerprint density at radius 2 is 1.92 bits per heavy atom. The topological polar surface area (TPSA) is 96.6 Å².